The van der Waals surface area contributed by atoms with Gasteiger partial charge >= 0.3 is 0 Å². The third kappa shape index (κ3) is 2.54. The highest BCUT2D eigenvalue weighted by Crippen LogP contribution is 2.23. The molecule has 5 nitrogen and oxygen atoms in total. The first-order valence-electron chi connectivity index (χ1n) is 6.73. The standard InChI is InChI=1S/C15H16N4OS/c1-10(11-6-4-3-5-7-11)8-19-13-12(18-15(19)21)14(20-2)17-9-16-13/h3-7,9-10H,8H2,1-2H3,(H,18,21). The summed E-state index contributed by atoms with van der Waals surface area (Å²) >= 11 is 5.41. The second-order valence-corrected chi connectivity index (χ2v) is 5.32. The summed E-state index contributed by atoms with van der Waals surface area (Å²) in [6.45, 7) is 2.93. The van der Waals surface area contributed by atoms with E-state index in [0.29, 0.717) is 16.6 Å². The maximum atomic E-state index is 5.41. The Bertz CT molecular complexity index is 809. The van der Waals surface area contributed by atoms with E-state index in [9.17, 15) is 0 Å². The van der Waals surface area contributed by atoms with Crippen LogP contribution in [0.5, 0.6) is 5.88 Å². The Hall–Kier alpha value is -2.21. The normalized spacial score (nSPS) is 12.5. The Morgan fingerprint density at radius 2 is 2.05 bits per heavy atom. The molecule has 21 heavy (non-hydrogen) atoms. The van der Waals surface area contributed by atoms with Crippen molar-refractivity contribution in [2.24, 2.45) is 0 Å². The number of ether oxygens (including phenoxy) is 1. The number of nitrogens with zero attached hydrogens (tertiary/aromatic N) is 3. The Morgan fingerprint density at radius 3 is 2.76 bits per heavy atom. The van der Waals surface area contributed by atoms with Crippen molar-refractivity contribution >= 4 is 23.4 Å². The van der Waals surface area contributed by atoms with Crippen LogP contribution in [0.2, 0.25) is 0 Å². The monoisotopic (exact) mass is 300 g/mol. The molecule has 0 saturated carbocycles. The van der Waals surface area contributed by atoms with Gasteiger partial charge < -0.3 is 14.3 Å². The summed E-state index contributed by atoms with van der Waals surface area (Å²) in [7, 11) is 1.59. The number of aromatic nitrogens is 4. The van der Waals surface area contributed by atoms with E-state index in [1.165, 1.54) is 11.9 Å². The molecule has 0 saturated heterocycles. The van der Waals surface area contributed by atoms with Gasteiger partial charge in [-0.25, -0.2) is 4.98 Å². The number of fused-ring (bicyclic) bond motifs is 1. The molecule has 6 heteroatoms. The van der Waals surface area contributed by atoms with Crippen LogP contribution in [0.15, 0.2) is 36.7 Å². The Balaban J connectivity index is 2.01. The second kappa shape index (κ2) is 5.65. The second-order valence-electron chi connectivity index (χ2n) is 4.93. The van der Waals surface area contributed by atoms with Crippen molar-refractivity contribution in [3.05, 3.63) is 47.0 Å². The minimum Gasteiger partial charge on any atom is -0.479 e. The molecule has 0 radical (unpaired) electrons. The van der Waals surface area contributed by atoms with E-state index in [2.05, 4.69) is 34.0 Å². The first-order chi connectivity index (χ1) is 10.2. The zero-order valence-electron chi connectivity index (χ0n) is 11.9. The van der Waals surface area contributed by atoms with Gasteiger partial charge in [-0.15, -0.1) is 0 Å². The third-order valence-corrected chi connectivity index (χ3v) is 3.87. The molecule has 1 aromatic carbocycles. The van der Waals surface area contributed by atoms with Crippen molar-refractivity contribution in [1.82, 2.24) is 19.5 Å². The van der Waals surface area contributed by atoms with Crippen molar-refractivity contribution in [2.75, 3.05) is 7.11 Å². The zero-order valence-corrected chi connectivity index (χ0v) is 12.7. The minimum absolute atomic E-state index is 0.331. The number of hydrogen-bond acceptors (Lipinski definition) is 4. The number of rotatable bonds is 4. The average molecular weight is 300 g/mol. The van der Waals surface area contributed by atoms with Crippen LogP contribution in [-0.2, 0) is 6.54 Å². The molecule has 0 aliphatic rings. The van der Waals surface area contributed by atoms with E-state index in [0.717, 1.165) is 17.7 Å². The van der Waals surface area contributed by atoms with Gasteiger partial charge in [0.1, 0.15) is 11.8 Å². The molecule has 0 spiro atoms. The van der Waals surface area contributed by atoms with E-state index in [1.807, 2.05) is 22.8 Å². The maximum Gasteiger partial charge on any atom is 0.242 e. The predicted octanol–water partition coefficient (Wildman–Crippen LogP) is 3.30. The molecule has 1 atom stereocenters. The van der Waals surface area contributed by atoms with Crippen LogP contribution in [-0.4, -0.2) is 26.6 Å². The lowest BCUT2D eigenvalue weighted by Gasteiger charge is -2.13. The van der Waals surface area contributed by atoms with E-state index < -0.39 is 0 Å². The van der Waals surface area contributed by atoms with Gasteiger partial charge in [0.2, 0.25) is 5.88 Å². The van der Waals surface area contributed by atoms with E-state index in [1.54, 1.807) is 7.11 Å². The molecule has 0 aliphatic heterocycles. The highest BCUT2D eigenvalue weighted by atomic mass is 32.1. The molecule has 0 fully saturated rings. The molecule has 2 aromatic heterocycles. The van der Waals surface area contributed by atoms with E-state index in [4.69, 9.17) is 17.0 Å². The molecular formula is C15H16N4OS. The number of benzene rings is 1. The van der Waals surface area contributed by atoms with Crippen molar-refractivity contribution < 1.29 is 4.74 Å². The lowest BCUT2D eigenvalue weighted by Crippen LogP contribution is -2.07. The molecule has 2 heterocycles. The minimum atomic E-state index is 0.331. The SMILES string of the molecule is COc1ncnc2c1[nH]c(=S)n2CC(C)c1ccccc1. The van der Waals surface area contributed by atoms with Gasteiger partial charge in [-0.05, 0) is 23.7 Å². The van der Waals surface area contributed by atoms with Crippen molar-refractivity contribution in [1.29, 1.82) is 0 Å². The average Bonchev–Trinajstić information content (AvgIpc) is 2.84. The van der Waals surface area contributed by atoms with Gasteiger partial charge in [-0.3, -0.25) is 0 Å². The van der Waals surface area contributed by atoms with Crippen molar-refractivity contribution in [2.45, 2.75) is 19.4 Å². The first-order valence-corrected chi connectivity index (χ1v) is 7.14. The Kier molecular flexibility index (Phi) is 3.70. The number of hydrogen-bond donors (Lipinski definition) is 1. The van der Waals surface area contributed by atoms with Gasteiger partial charge in [-0.2, -0.15) is 4.98 Å². The number of aromatic amines is 1. The molecule has 0 amide bonds. The fourth-order valence-electron chi connectivity index (χ4n) is 2.43. The number of H-pyrrole nitrogens is 1. The quantitative estimate of drug-likeness (QED) is 0.751. The van der Waals surface area contributed by atoms with Gasteiger partial charge in [0, 0.05) is 6.54 Å². The summed E-state index contributed by atoms with van der Waals surface area (Å²) in [5.74, 6) is 0.843. The van der Waals surface area contributed by atoms with Crippen LogP contribution in [0.3, 0.4) is 0 Å². The fraction of sp³-hybridized carbons (Fsp3) is 0.267. The van der Waals surface area contributed by atoms with E-state index in [-0.39, 0.29) is 0 Å². The van der Waals surface area contributed by atoms with Crippen LogP contribution in [0.25, 0.3) is 11.2 Å². The Labute approximate surface area is 127 Å². The summed E-state index contributed by atoms with van der Waals surface area (Å²) in [5.41, 5.74) is 2.79. The number of methoxy groups -OCH3 is 1. The molecule has 3 aromatic rings. The molecule has 3 rings (SSSR count). The number of imidazole rings is 1. The molecular weight excluding hydrogens is 284 g/mol. The lowest BCUT2D eigenvalue weighted by molar-refractivity contribution is 0.401. The molecule has 1 unspecified atom stereocenters. The van der Waals surface area contributed by atoms with Crippen LogP contribution in [0.1, 0.15) is 18.4 Å². The van der Waals surface area contributed by atoms with Gasteiger partial charge in [0.05, 0.1) is 7.11 Å². The maximum absolute atomic E-state index is 5.41. The van der Waals surface area contributed by atoms with Crippen LogP contribution < -0.4 is 4.74 Å². The predicted molar refractivity (Wildman–Crippen MR) is 84.1 cm³/mol. The number of nitrogens with one attached hydrogen (secondary N) is 1. The molecule has 0 aliphatic carbocycles. The smallest absolute Gasteiger partial charge is 0.242 e. The summed E-state index contributed by atoms with van der Waals surface area (Å²) in [5, 5.41) is 0. The third-order valence-electron chi connectivity index (χ3n) is 3.54. The van der Waals surface area contributed by atoms with Crippen LogP contribution >= 0.6 is 12.2 Å². The van der Waals surface area contributed by atoms with Crippen molar-refractivity contribution in [3.63, 3.8) is 0 Å². The topological polar surface area (TPSA) is 55.7 Å². The molecule has 108 valence electrons. The lowest BCUT2D eigenvalue weighted by atomic mass is 10.0. The highest BCUT2D eigenvalue weighted by molar-refractivity contribution is 7.71. The van der Waals surface area contributed by atoms with Crippen molar-refractivity contribution in [3.8, 4) is 5.88 Å². The summed E-state index contributed by atoms with van der Waals surface area (Å²) in [4.78, 5) is 11.6. The summed E-state index contributed by atoms with van der Waals surface area (Å²) in [6.07, 6.45) is 1.49. The largest absolute Gasteiger partial charge is 0.479 e. The van der Waals surface area contributed by atoms with Crippen LogP contribution in [0, 0.1) is 4.77 Å². The molecule has 0 bridgehead atoms. The van der Waals surface area contributed by atoms with E-state index >= 15 is 0 Å². The zero-order chi connectivity index (χ0) is 14.8. The van der Waals surface area contributed by atoms with Gasteiger partial charge in [0.15, 0.2) is 10.4 Å². The van der Waals surface area contributed by atoms with Gasteiger partial charge in [0.25, 0.3) is 0 Å². The fourth-order valence-corrected chi connectivity index (χ4v) is 2.69. The van der Waals surface area contributed by atoms with Crippen LogP contribution in [0.4, 0.5) is 0 Å². The summed E-state index contributed by atoms with van der Waals surface area (Å²) in [6, 6.07) is 10.4. The Morgan fingerprint density at radius 1 is 1.29 bits per heavy atom. The molecule has 1 N–H and O–H groups in total. The van der Waals surface area contributed by atoms with Gasteiger partial charge in [-0.1, -0.05) is 37.3 Å². The highest BCUT2D eigenvalue weighted by Gasteiger charge is 2.14. The first kappa shape index (κ1) is 13.8. The summed E-state index contributed by atoms with van der Waals surface area (Å²) < 4.78 is 7.87.